The normalized spacial score (nSPS) is 10.6. The smallest absolute Gasteiger partial charge is 0.337 e. The largest absolute Gasteiger partial charge is 0.465 e. The van der Waals surface area contributed by atoms with Crippen LogP contribution in [0.1, 0.15) is 53.2 Å². The lowest BCUT2D eigenvalue weighted by Crippen LogP contribution is -2.14. The zero-order valence-electron chi connectivity index (χ0n) is 15.3. The number of esters is 1. The summed E-state index contributed by atoms with van der Waals surface area (Å²) in [4.78, 5) is 23.9. The van der Waals surface area contributed by atoms with Crippen LogP contribution in [-0.2, 0) is 16.0 Å². The number of hydrogen-bond donors (Lipinski definition) is 1. The lowest BCUT2D eigenvalue weighted by atomic mass is 10.0. The van der Waals surface area contributed by atoms with Crippen LogP contribution >= 0.6 is 0 Å². The molecule has 0 aliphatic carbocycles. The van der Waals surface area contributed by atoms with Crippen molar-refractivity contribution in [2.45, 2.75) is 39.5 Å². The number of amides is 1. The minimum absolute atomic E-state index is 0.0712. The van der Waals surface area contributed by atoms with E-state index < -0.39 is 5.97 Å². The van der Waals surface area contributed by atoms with Crippen molar-refractivity contribution in [2.24, 2.45) is 0 Å². The molecule has 4 heteroatoms. The van der Waals surface area contributed by atoms with E-state index in [0.29, 0.717) is 30.0 Å². The van der Waals surface area contributed by atoms with Gasteiger partial charge in [0.05, 0.1) is 12.7 Å². The third-order valence-corrected chi connectivity index (χ3v) is 4.22. The van der Waals surface area contributed by atoms with Crippen molar-refractivity contribution >= 4 is 17.6 Å². The minimum Gasteiger partial charge on any atom is -0.465 e. The van der Waals surface area contributed by atoms with Crippen molar-refractivity contribution in [1.29, 1.82) is 0 Å². The summed E-state index contributed by atoms with van der Waals surface area (Å²) in [6.45, 7) is 6.21. The van der Waals surface area contributed by atoms with E-state index in [1.807, 2.05) is 6.92 Å². The number of benzene rings is 2. The van der Waals surface area contributed by atoms with Gasteiger partial charge < -0.3 is 10.1 Å². The van der Waals surface area contributed by atoms with E-state index in [1.165, 1.54) is 12.7 Å². The van der Waals surface area contributed by atoms with Gasteiger partial charge in [0, 0.05) is 12.1 Å². The molecule has 0 fully saturated rings. The SMILES string of the molecule is COC(=O)c1ccc(C)c(NC(=O)CCc2ccc(C(C)C)cc2)c1. The Kier molecular flexibility index (Phi) is 6.34. The van der Waals surface area contributed by atoms with Crippen molar-refractivity contribution in [3.05, 3.63) is 64.7 Å². The number of nitrogens with one attached hydrogen (secondary N) is 1. The quantitative estimate of drug-likeness (QED) is 0.790. The highest BCUT2D eigenvalue weighted by Gasteiger charge is 2.10. The number of rotatable bonds is 6. The van der Waals surface area contributed by atoms with Crippen LogP contribution in [0.15, 0.2) is 42.5 Å². The highest BCUT2D eigenvalue weighted by atomic mass is 16.5. The Morgan fingerprint density at radius 2 is 1.76 bits per heavy atom. The number of hydrogen-bond acceptors (Lipinski definition) is 3. The van der Waals surface area contributed by atoms with E-state index in [2.05, 4.69) is 43.4 Å². The molecule has 2 rings (SSSR count). The molecule has 25 heavy (non-hydrogen) atoms. The molecule has 0 heterocycles. The molecule has 0 aliphatic heterocycles. The summed E-state index contributed by atoms with van der Waals surface area (Å²) in [5.41, 5.74) is 4.40. The molecular weight excluding hydrogens is 314 g/mol. The van der Waals surface area contributed by atoms with E-state index >= 15 is 0 Å². The van der Waals surface area contributed by atoms with Crippen molar-refractivity contribution in [1.82, 2.24) is 0 Å². The third-order valence-electron chi connectivity index (χ3n) is 4.22. The third kappa shape index (κ3) is 5.18. The van der Waals surface area contributed by atoms with Gasteiger partial charge >= 0.3 is 5.97 Å². The molecule has 0 bridgehead atoms. The Morgan fingerprint density at radius 1 is 1.08 bits per heavy atom. The summed E-state index contributed by atoms with van der Waals surface area (Å²) >= 11 is 0. The maximum absolute atomic E-state index is 12.2. The fourth-order valence-corrected chi connectivity index (χ4v) is 2.54. The van der Waals surface area contributed by atoms with Crippen molar-refractivity contribution in [3.63, 3.8) is 0 Å². The first-order chi connectivity index (χ1) is 11.9. The summed E-state index contributed by atoms with van der Waals surface area (Å²) in [6.07, 6.45) is 1.07. The molecular formula is C21H25NO3. The van der Waals surface area contributed by atoms with Crippen LogP contribution < -0.4 is 5.32 Å². The maximum atomic E-state index is 12.2. The lowest BCUT2D eigenvalue weighted by molar-refractivity contribution is -0.116. The Bertz CT molecular complexity index is 748. The highest BCUT2D eigenvalue weighted by Crippen LogP contribution is 2.19. The molecule has 0 aromatic heterocycles. The van der Waals surface area contributed by atoms with Gasteiger partial charge in [0.15, 0.2) is 0 Å². The number of anilines is 1. The monoisotopic (exact) mass is 339 g/mol. The topological polar surface area (TPSA) is 55.4 Å². The van der Waals surface area contributed by atoms with Gasteiger partial charge in [0.25, 0.3) is 0 Å². The number of aryl methyl sites for hydroxylation is 2. The van der Waals surface area contributed by atoms with Gasteiger partial charge in [0.2, 0.25) is 5.91 Å². The van der Waals surface area contributed by atoms with Crippen LogP contribution in [0.5, 0.6) is 0 Å². The van der Waals surface area contributed by atoms with E-state index in [1.54, 1.807) is 18.2 Å². The molecule has 0 unspecified atom stereocenters. The first kappa shape index (κ1) is 18.7. The van der Waals surface area contributed by atoms with E-state index in [9.17, 15) is 9.59 Å². The average molecular weight is 339 g/mol. The van der Waals surface area contributed by atoms with Crippen molar-refractivity contribution in [3.8, 4) is 0 Å². The molecule has 4 nitrogen and oxygen atoms in total. The Hall–Kier alpha value is -2.62. The van der Waals surface area contributed by atoms with Crippen LogP contribution in [0.25, 0.3) is 0 Å². The lowest BCUT2D eigenvalue weighted by Gasteiger charge is -2.10. The second-order valence-corrected chi connectivity index (χ2v) is 6.47. The first-order valence-corrected chi connectivity index (χ1v) is 8.48. The molecule has 0 aliphatic rings. The van der Waals surface area contributed by atoms with Crippen molar-refractivity contribution < 1.29 is 14.3 Å². The van der Waals surface area contributed by atoms with Crippen molar-refractivity contribution in [2.75, 3.05) is 12.4 Å². The fraction of sp³-hybridized carbons (Fsp3) is 0.333. The summed E-state index contributed by atoms with van der Waals surface area (Å²) in [5.74, 6) is 0.0150. The summed E-state index contributed by atoms with van der Waals surface area (Å²) in [5, 5.41) is 2.88. The van der Waals surface area contributed by atoms with Gasteiger partial charge in [-0.1, -0.05) is 44.2 Å². The Balaban J connectivity index is 1.97. The maximum Gasteiger partial charge on any atom is 0.337 e. The molecule has 2 aromatic carbocycles. The van der Waals surface area contributed by atoms with Gasteiger partial charge in [0.1, 0.15) is 0 Å². The number of methoxy groups -OCH3 is 1. The van der Waals surface area contributed by atoms with Crippen LogP contribution in [-0.4, -0.2) is 19.0 Å². The highest BCUT2D eigenvalue weighted by molar-refractivity contribution is 5.95. The molecule has 2 aromatic rings. The predicted molar refractivity (Wildman–Crippen MR) is 100 cm³/mol. The molecule has 0 saturated heterocycles. The predicted octanol–water partition coefficient (Wildman–Crippen LogP) is 4.48. The number of carbonyl (C=O) groups is 2. The van der Waals surface area contributed by atoms with Crippen LogP contribution in [0.2, 0.25) is 0 Å². The molecule has 132 valence electrons. The van der Waals surface area contributed by atoms with Gasteiger partial charge in [-0.15, -0.1) is 0 Å². The fourth-order valence-electron chi connectivity index (χ4n) is 2.54. The average Bonchev–Trinajstić information content (AvgIpc) is 2.61. The zero-order valence-corrected chi connectivity index (χ0v) is 15.3. The van der Waals surface area contributed by atoms with Gasteiger partial charge in [-0.3, -0.25) is 4.79 Å². The molecule has 0 radical (unpaired) electrons. The molecule has 0 spiro atoms. The standard InChI is InChI=1S/C21H25NO3/c1-14(2)17-10-6-16(7-11-17)8-12-20(23)22-19-13-18(21(24)25-4)9-5-15(19)3/h5-7,9-11,13-14H,8,12H2,1-4H3,(H,22,23). The minimum atomic E-state index is -0.416. The molecule has 1 N–H and O–H groups in total. The molecule has 0 saturated carbocycles. The first-order valence-electron chi connectivity index (χ1n) is 8.48. The second-order valence-electron chi connectivity index (χ2n) is 6.47. The summed E-state index contributed by atoms with van der Waals surface area (Å²) in [6, 6.07) is 13.5. The summed E-state index contributed by atoms with van der Waals surface area (Å²) in [7, 11) is 1.34. The van der Waals surface area contributed by atoms with Gasteiger partial charge in [-0.25, -0.2) is 4.79 Å². The molecule has 1 amide bonds. The van der Waals surface area contributed by atoms with E-state index in [-0.39, 0.29) is 5.91 Å². The Morgan fingerprint density at radius 3 is 2.36 bits per heavy atom. The number of carbonyl (C=O) groups excluding carboxylic acids is 2. The van der Waals surface area contributed by atoms with Crippen LogP contribution in [0.3, 0.4) is 0 Å². The summed E-state index contributed by atoms with van der Waals surface area (Å²) < 4.78 is 4.72. The van der Waals surface area contributed by atoms with E-state index in [0.717, 1.165) is 11.1 Å². The Labute approximate surface area is 149 Å². The second kappa shape index (κ2) is 8.47. The number of ether oxygens (including phenoxy) is 1. The van der Waals surface area contributed by atoms with Gasteiger partial charge in [-0.05, 0) is 48.1 Å². The van der Waals surface area contributed by atoms with Crippen LogP contribution in [0.4, 0.5) is 5.69 Å². The zero-order chi connectivity index (χ0) is 18.4. The molecule has 0 atom stereocenters. The van der Waals surface area contributed by atoms with Gasteiger partial charge in [-0.2, -0.15) is 0 Å². The van der Waals surface area contributed by atoms with Crippen LogP contribution in [0, 0.1) is 6.92 Å². The van der Waals surface area contributed by atoms with E-state index in [4.69, 9.17) is 4.74 Å².